The summed E-state index contributed by atoms with van der Waals surface area (Å²) < 4.78 is 33.9. The van der Waals surface area contributed by atoms with E-state index in [9.17, 15) is 22.8 Å². The molecule has 0 saturated heterocycles. The second kappa shape index (κ2) is 4.49. The third kappa shape index (κ3) is 6.04. The summed E-state index contributed by atoms with van der Waals surface area (Å²) in [5.74, 6) is -2.76. The molecule has 0 aromatic heterocycles. The van der Waals surface area contributed by atoms with Crippen molar-refractivity contribution >= 4 is 11.6 Å². The van der Waals surface area contributed by atoms with E-state index in [0.29, 0.717) is 0 Å². The largest absolute Gasteiger partial charge is 0.450 e. The molecule has 0 fully saturated rings. The summed E-state index contributed by atoms with van der Waals surface area (Å²) >= 11 is 0. The molecule has 0 aliphatic carbocycles. The number of carbonyl (C=O) groups excluding carboxylic acids is 2. The Kier molecular flexibility index (Phi) is 5.40. The molecular formula is C5H5F3NiO2. The summed E-state index contributed by atoms with van der Waals surface area (Å²) in [7, 11) is 0. The molecule has 2 nitrogen and oxygen atoms in total. The van der Waals surface area contributed by atoms with Crippen LogP contribution in [0.5, 0.6) is 0 Å². The number of alkyl halides is 3. The Morgan fingerprint density at radius 1 is 1.27 bits per heavy atom. The molecule has 0 atom stereocenters. The zero-order valence-electron chi connectivity index (χ0n) is 5.47. The van der Waals surface area contributed by atoms with Crippen molar-refractivity contribution in [1.29, 1.82) is 0 Å². The fourth-order valence-electron chi connectivity index (χ4n) is 0.326. The first-order valence-corrected chi connectivity index (χ1v) is 2.43. The van der Waals surface area contributed by atoms with Crippen molar-refractivity contribution in [2.24, 2.45) is 0 Å². The van der Waals surface area contributed by atoms with Crippen LogP contribution >= 0.6 is 0 Å². The van der Waals surface area contributed by atoms with Crippen LogP contribution in [0.3, 0.4) is 0 Å². The van der Waals surface area contributed by atoms with Crippen molar-refractivity contribution in [2.75, 3.05) is 0 Å². The summed E-state index contributed by atoms with van der Waals surface area (Å²) in [6.45, 7) is 0.934. The van der Waals surface area contributed by atoms with Crippen LogP contribution in [-0.4, -0.2) is 17.7 Å². The minimum atomic E-state index is -4.87. The molecule has 0 saturated carbocycles. The summed E-state index contributed by atoms with van der Waals surface area (Å²) in [5, 5.41) is 0. The average Bonchev–Trinajstić information content (AvgIpc) is 1.60. The molecule has 11 heavy (non-hydrogen) atoms. The molecule has 0 unspecified atom stereocenters. The zero-order valence-corrected chi connectivity index (χ0v) is 6.46. The van der Waals surface area contributed by atoms with Crippen molar-refractivity contribution in [3.05, 3.63) is 0 Å². The second-order valence-corrected chi connectivity index (χ2v) is 1.80. The molecule has 0 heterocycles. The van der Waals surface area contributed by atoms with Gasteiger partial charge in [-0.15, -0.1) is 0 Å². The molecule has 0 aromatic rings. The maximum atomic E-state index is 11.3. The normalized spacial score (nSPS) is 10.2. The van der Waals surface area contributed by atoms with E-state index in [1.807, 2.05) is 0 Å². The Labute approximate surface area is 71.1 Å². The van der Waals surface area contributed by atoms with Crippen LogP contribution in [0.1, 0.15) is 13.3 Å². The van der Waals surface area contributed by atoms with E-state index in [0.717, 1.165) is 6.92 Å². The molecule has 0 amide bonds. The molecule has 68 valence electrons. The molecule has 0 aromatic carbocycles. The summed E-state index contributed by atoms with van der Waals surface area (Å²) in [6, 6.07) is 0. The van der Waals surface area contributed by atoms with Gasteiger partial charge in [-0.05, 0) is 6.92 Å². The first-order chi connectivity index (χ1) is 4.34. The molecular weight excluding hydrogens is 208 g/mol. The van der Waals surface area contributed by atoms with Gasteiger partial charge in [-0.3, -0.25) is 9.59 Å². The van der Waals surface area contributed by atoms with Crippen LogP contribution < -0.4 is 0 Å². The van der Waals surface area contributed by atoms with Crippen LogP contribution in [0, 0.1) is 0 Å². The van der Waals surface area contributed by atoms with E-state index >= 15 is 0 Å². The molecule has 0 rings (SSSR count). The Morgan fingerprint density at radius 2 is 1.64 bits per heavy atom. The molecule has 6 heteroatoms. The van der Waals surface area contributed by atoms with Crippen LogP contribution in [0.4, 0.5) is 13.2 Å². The molecule has 0 spiro atoms. The predicted octanol–water partition coefficient (Wildman–Crippen LogP) is 1.09. The molecule has 0 N–H and O–H groups in total. The van der Waals surface area contributed by atoms with Crippen molar-refractivity contribution in [1.82, 2.24) is 0 Å². The van der Waals surface area contributed by atoms with Gasteiger partial charge in [0.15, 0.2) is 0 Å². The van der Waals surface area contributed by atoms with Gasteiger partial charge in [0.1, 0.15) is 5.78 Å². The van der Waals surface area contributed by atoms with Gasteiger partial charge in [0.25, 0.3) is 0 Å². The molecule has 0 radical (unpaired) electrons. The zero-order chi connectivity index (χ0) is 8.36. The Hall–Kier alpha value is -0.376. The number of carbonyl (C=O) groups is 2. The van der Waals surface area contributed by atoms with Crippen LogP contribution in [0.2, 0.25) is 0 Å². The van der Waals surface area contributed by atoms with Crippen molar-refractivity contribution in [3.8, 4) is 0 Å². The maximum absolute atomic E-state index is 11.3. The predicted molar refractivity (Wildman–Crippen MR) is 26.4 cm³/mol. The number of Topliss-reactive ketones (excluding diaryl/α,β-unsaturated/α-hetero) is 2. The quantitative estimate of drug-likeness (QED) is 0.508. The Morgan fingerprint density at radius 3 is 1.73 bits per heavy atom. The van der Waals surface area contributed by atoms with Crippen molar-refractivity contribution in [2.45, 2.75) is 19.5 Å². The van der Waals surface area contributed by atoms with E-state index in [1.165, 1.54) is 0 Å². The van der Waals surface area contributed by atoms with Gasteiger partial charge in [0, 0.05) is 16.5 Å². The number of ketones is 2. The van der Waals surface area contributed by atoms with Crippen LogP contribution in [-0.2, 0) is 26.1 Å². The number of rotatable bonds is 2. The van der Waals surface area contributed by atoms with Gasteiger partial charge in [0.05, 0.1) is 6.42 Å². The molecule has 0 aliphatic rings. The minimum Gasteiger partial charge on any atom is -0.300 e. The van der Waals surface area contributed by atoms with Crippen molar-refractivity contribution in [3.63, 3.8) is 0 Å². The fourth-order valence-corrected chi connectivity index (χ4v) is 0.326. The number of hydrogen-bond acceptors (Lipinski definition) is 2. The Bertz CT molecular complexity index is 164. The molecule has 0 bridgehead atoms. The first-order valence-electron chi connectivity index (χ1n) is 2.43. The van der Waals surface area contributed by atoms with Crippen molar-refractivity contribution < 1.29 is 39.3 Å². The summed E-state index contributed by atoms with van der Waals surface area (Å²) in [5.41, 5.74) is 0. The summed E-state index contributed by atoms with van der Waals surface area (Å²) in [4.78, 5) is 19.9. The standard InChI is InChI=1S/C5H5F3O2.Ni/c1-3(9)2-4(10)5(6,7)8;/h2H2,1H3;. The number of hydrogen-bond donors (Lipinski definition) is 0. The van der Waals surface area contributed by atoms with Gasteiger partial charge in [-0.2, -0.15) is 13.2 Å². The van der Waals surface area contributed by atoms with E-state index in [4.69, 9.17) is 0 Å². The average molecular weight is 213 g/mol. The van der Waals surface area contributed by atoms with E-state index in [-0.39, 0.29) is 16.5 Å². The van der Waals surface area contributed by atoms with Gasteiger partial charge in [-0.1, -0.05) is 0 Å². The monoisotopic (exact) mass is 212 g/mol. The third-order valence-corrected chi connectivity index (χ3v) is 0.726. The van der Waals surface area contributed by atoms with Gasteiger partial charge >= 0.3 is 6.18 Å². The SMILES string of the molecule is CC(=O)CC(=O)C(F)(F)F.[Ni]. The Balaban J connectivity index is 0. The van der Waals surface area contributed by atoms with E-state index < -0.39 is 24.2 Å². The summed E-state index contributed by atoms with van der Waals surface area (Å²) in [6.07, 6.45) is -5.92. The van der Waals surface area contributed by atoms with Gasteiger partial charge in [-0.25, -0.2) is 0 Å². The van der Waals surface area contributed by atoms with Crippen LogP contribution in [0.25, 0.3) is 0 Å². The second-order valence-electron chi connectivity index (χ2n) is 1.80. The van der Waals surface area contributed by atoms with E-state index in [1.54, 1.807) is 0 Å². The molecule has 0 aliphatic heterocycles. The smallest absolute Gasteiger partial charge is 0.300 e. The van der Waals surface area contributed by atoms with Gasteiger partial charge in [0.2, 0.25) is 5.78 Å². The van der Waals surface area contributed by atoms with Crippen LogP contribution in [0.15, 0.2) is 0 Å². The third-order valence-electron chi connectivity index (χ3n) is 0.726. The minimum absolute atomic E-state index is 0. The fraction of sp³-hybridized carbons (Fsp3) is 0.600. The maximum Gasteiger partial charge on any atom is 0.450 e. The topological polar surface area (TPSA) is 34.1 Å². The first kappa shape index (κ1) is 13.2. The van der Waals surface area contributed by atoms with Gasteiger partial charge < -0.3 is 0 Å². The van der Waals surface area contributed by atoms with E-state index in [2.05, 4.69) is 0 Å². The number of halogens is 3.